The highest BCUT2D eigenvalue weighted by Crippen LogP contribution is 2.58. The van der Waals surface area contributed by atoms with Gasteiger partial charge in [-0.15, -0.1) is 0 Å². The Balaban J connectivity index is 2.74. The average Bonchev–Trinajstić information content (AvgIpc) is 2.82. The van der Waals surface area contributed by atoms with Gasteiger partial charge in [0.1, 0.15) is 0 Å². The molecule has 0 heterocycles. The van der Waals surface area contributed by atoms with Crippen LogP contribution in [0.25, 0.3) is 0 Å². The van der Waals surface area contributed by atoms with Crippen LogP contribution in [0.15, 0.2) is 12.2 Å². The molecule has 0 spiro atoms. The van der Waals surface area contributed by atoms with Gasteiger partial charge in [0, 0.05) is 18.0 Å². The molecular formula is C12H11F6O4-. The number of esters is 1. The number of carboxylic acid groups (broad SMARTS) is 1. The van der Waals surface area contributed by atoms with Crippen LogP contribution in [-0.4, -0.2) is 30.4 Å². The molecule has 0 aromatic rings. The van der Waals surface area contributed by atoms with Crippen LogP contribution < -0.4 is 5.11 Å². The third-order valence-electron chi connectivity index (χ3n) is 3.43. The third kappa shape index (κ3) is 3.92. The average molecular weight is 333 g/mol. The Morgan fingerprint density at radius 3 is 1.91 bits per heavy atom. The molecule has 1 aliphatic carbocycles. The molecule has 1 saturated carbocycles. The molecule has 1 aliphatic rings. The van der Waals surface area contributed by atoms with E-state index in [4.69, 9.17) is 0 Å². The smallest absolute Gasteiger partial charge is 0.434 e. The molecule has 1 rings (SSSR count). The molecule has 0 N–H and O–H groups in total. The minimum Gasteiger partial charge on any atom is -0.550 e. The Labute approximate surface area is 120 Å². The minimum atomic E-state index is -5.80. The largest absolute Gasteiger partial charge is 0.550 e. The molecule has 0 radical (unpaired) electrons. The summed E-state index contributed by atoms with van der Waals surface area (Å²) in [4.78, 5) is 21.8. The minimum absolute atomic E-state index is 0.361. The van der Waals surface area contributed by atoms with Crippen molar-refractivity contribution >= 4 is 11.9 Å². The lowest BCUT2D eigenvalue weighted by molar-refractivity contribution is -0.312. The number of halogens is 6. The Morgan fingerprint density at radius 1 is 1.14 bits per heavy atom. The maximum absolute atomic E-state index is 12.2. The summed E-state index contributed by atoms with van der Waals surface area (Å²) in [5.74, 6) is -4.99. The number of allylic oxidation sites excluding steroid dienone is 1. The highest BCUT2D eigenvalue weighted by Gasteiger charge is 2.60. The molecule has 126 valence electrons. The van der Waals surface area contributed by atoms with E-state index in [1.54, 1.807) is 0 Å². The van der Waals surface area contributed by atoms with Crippen molar-refractivity contribution < 1.29 is 45.8 Å². The van der Waals surface area contributed by atoms with Gasteiger partial charge in [-0.1, -0.05) is 19.9 Å². The van der Waals surface area contributed by atoms with Gasteiger partial charge >= 0.3 is 18.3 Å². The SMILES string of the molecule is CC1(C)[C@H](C(=O)[O-])[C@@H]1/C=C/C(=O)OC(C(F)(F)F)C(F)(F)F. The van der Waals surface area contributed by atoms with Crippen LogP contribution in [0.3, 0.4) is 0 Å². The van der Waals surface area contributed by atoms with Crippen LogP contribution in [0.2, 0.25) is 0 Å². The normalized spacial score (nSPS) is 24.6. The molecular weight excluding hydrogens is 322 g/mol. The van der Waals surface area contributed by atoms with Crippen LogP contribution in [0.5, 0.6) is 0 Å². The zero-order valence-corrected chi connectivity index (χ0v) is 11.3. The molecule has 22 heavy (non-hydrogen) atoms. The molecule has 0 saturated heterocycles. The summed E-state index contributed by atoms with van der Waals surface area (Å²) in [7, 11) is 0. The van der Waals surface area contributed by atoms with Crippen molar-refractivity contribution in [1.29, 1.82) is 0 Å². The number of alkyl halides is 6. The van der Waals surface area contributed by atoms with Crippen molar-refractivity contribution in [1.82, 2.24) is 0 Å². The van der Waals surface area contributed by atoms with Crippen molar-refractivity contribution in [3.8, 4) is 0 Å². The Bertz CT molecular complexity index is 477. The molecule has 0 aromatic heterocycles. The zero-order valence-electron chi connectivity index (χ0n) is 11.3. The van der Waals surface area contributed by atoms with E-state index in [-0.39, 0.29) is 0 Å². The van der Waals surface area contributed by atoms with Crippen molar-refractivity contribution in [2.45, 2.75) is 32.3 Å². The van der Waals surface area contributed by atoms with E-state index in [9.17, 15) is 41.0 Å². The monoisotopic (exact) mass is 333 g/mol. The molecule has 0 bridgehead atoms. The second-order valence-corrected chi connectivity index (χ2v) is 5.40. The van der Waals surface area contributed by atoms with E-state index < -0.39 is 47.6 Å². The maximum atomic E-state index is 12.2. The molecule has 2 atom stereocenters. The number of ether oxygens (including phenoxy) is 1. The summed E-state index contributed by atoms with van der Waals surface area (Å²) in [6.07, 6.45) is -14.6. The topological polar surface area (TPSA) is 66.4 Å². The van der Waals surface area contributed by atoms with Crippen molar-refractivity contribution in [2.24, 2.45) is 17.3 Å². The highest BCUT2D eigenvalue weighted by atomic mass is 19.4. The Morgan fingerprint density at radius 2 is 1.59 bits per heavy atom. The second-order valence-electron chi connectivity index (χ2n) is 5.40. The fourth-order valence-corrected chi connectivity index (χ4v) is 2.14. The number of hydrogen-bond donors (Lipinski definition) is 0. The van der Waals surface area contributed by atoms with E-state index in [0.717, 1.165) is 6.08 Å². The summed E-state index contributed by atoms with van der Waals surface area (Å²) in [6, 6.07) is 0. The lowest BCUT2D eigenvalue weighted by Crippen LogP contribution is -2.45. The lowest BCUT2D eigenvalue weighted by Gasteiger charge is -2.22. The van der Waals surface area contributed by atoms with Crippen molar-refractivity contribution in [2.75, 3.05) is 0 Å². The van der Waals surface area contributed by atoms with Crippen LogP contribution >= 0.6 is 0 Å². The summed E-state index contributed by atoms with van der Waals surface area (Å²) in [6.45, 7) is 3.00. The van der Waals surface area contributed by atoms with E-state index in [2.05, 4.69) is 4.74 Å². The Hall–Kier alpha value is -1.74. The molecule has 10 heteroatoms. The van der Waals surface area contributed by atoms with Gasteiger partial charge in [0.25, 0.3) is 6.10 Å². The summed E-state index contributed by atoms with van der Waals surface area (Å²) in [5.41, 5.74) is -0.803. The van der Waals surface area contributed by atoms with E-state index in [1.165, 1.54) is 13.8 Å². The number of carbonyl (C=O) groups excluding carboxylic acids is 2. The van der Waals surface area contributed by atoms with Gasteiger partial charge in [-0.3, -0.25) is 0 Å². The van der Waals surface area contributed by atoms with Crippen LogP contribution in [0.1, 0.15) is 13.8 Å². The van der Waals surface area contributed by atoms with E-state index >= 15 is 0 Å². The predicted octanol–water partition coefficient (Wildman–Crippen LogP) is 1.60. The van der Waals surface area contributed by atoms with Crippen LogP contribution in [-0.2, 0) is 14.3 Å². The van der Waals surface area contributed by atoms with Gasteiger partial charge in [0.2, 0.25) is 0 Å². The first kappa shape index (κ1) is 18.3. The number of carboxylic acids is 1. The first-order valence-corrected chi connectivity index (χ1v) is 5.92. The summed E-state index contributed by atoms with van der Waals surface area (Å²) < 4.78 is 76.4. The highest BCUT2D eigenvalue weighted by molar-refractivity contribution is 5.83. The Kier molecular flexibility index (Phi) is 4.55. The van der Waals surface area contributed by atoms with E-state index in [1.807, 2.05) is 0 Å². The zero-order chi connectivity index (χ0) is 17.5. The van der Waals surface area contributed by atoms with Gasteiger partial charge < -0.3 is 14.6 Å². The quantitative estimate of drug-likeness (QED) is 0.445. The maximum Gasteiger partial charge on any atom is 0.434 e. The predicted molar refractivity (Wildman–Crippen MR) is 56.9 cm³/mol. The number of hydrogen-bond acceptors (Lipinski definition) is 4. The summed E-state index contributed by atoms with van der Waals surface area (Å²) in [5, 5.41) is 10.7. The number of carbonyl (C=O) groups is 2. The fraction of sp³-hybridized carbons (Fsp3) is 0.667. The van der Waals surface area contributed by atoms with Gasteiger partial charge in [0.15, 0.2) is 0 Å². The molecule has 0 aliphatic heterocycles. The first-order chi connectivity index (χ1) is 9.69. The molecule has 0 unspecified atom stereocenters. The lowest BCUT2D eigenvalue weighted by atomic mass is 10.1. The standard InChI is InChI=1S/C12H12F6O4/c1-10(2)5(7(10)8(20)21)3-4-6(19)22-9(11(13,14)15)12(16,17)18/h3-5,7,9H,1-2H3,(H,20,21)/p-1/b4-3+/t5-,7-/m0/s1. The number of rotatable bonds is 4. The summed E-state index contributed by atoms with van der Waals surface area (Å²) >= 11 is 0. The van der Waals surface area contributed by atoms with Gasteiger partial charge in [-0.25, -0.2) is 4.79 Å². The number of aliphatic carboxylic acids is 1. The van der Waals surface area contributed by atoms with Gasteiger partial charge in [-0.2, -0.15) is 26.3 Å². The van der Waals surface area contributed by atoms with Crippen LogP contribution in [0, 0.1) is 17.3 Å². The van der Waals surface area contributed by atoms with Crippen LogP contribution in [0.4, 0.5) is 26.3 Å². The van der Waals surface area contributed by atoms with Crippen molar-refractivity contribution in [3.63, 3.8) is 0 Å². The third-order valence-corrected chi connectivity index (χ3v) is 3.43. The van der Waals surface area contributed by atoms with Gasteiger partial charge in [-0.05, 0) is 11.3 Å². The molecule has 0 aromatic carbocycles. The fourth-order valence-electron chi connectivity index (χ4n) is 2.14. The van der Waals surface area contributed by atoms with E-state index in [0.29, 0.717) is 6.08 Å². The van der Waals surface area contributed by atoms with Gasteiger partial charge in [0.05, 0.1) is 0 Å². The first-order valence-electron chi connectivity index (χ1n) is 5.92. The molecule has 1 fully saturated rings. The van der Waals surface area contributed by atoms with Crippen molar-refractivity contribution in [3.05, 3.63) is 12.2 Å². The molecule has 0 amide bonds. The second kappa shape index (κ2) is 5.47. The molecule has 4 nitrogen and oxygen atoms in total.